The van der Waals surface area contributed by atoms with Crippen molar-refractivity contribution in [2.75, 3.05) is 0 Å². The Morgan fingerprint density at radius 2 is 2.31 bits per heavy atom. The van der Waals surface area contributed by atoms with E-state index in [0.717, 1.165) is 17.3 Å². The Balaban J connectivity index is 2.37. The van der Waals surface area contributed by atoms with E-state index in [-0.39, 0.29) is 11.9 Å². The Hall–Kier alpha value is -1.37. The zero-order valence-electron chi connectivity index (χ0n) is 8.64. The summed E-state index contributed by atoms with van der Waals surface area (Å²) >= 11 is 1.10. The van der Waals surface area contributed by atoms with E-state index >= 15 is 0 Å². The van der Waals surface area contributed by atoms with Crippen molar-refractivity contribution < 1.29 is 4.39 Å². The molecule has 1 aromatic carbocycles. The van der Waals surface area contributed by atoms with Gasteiger partial charge in [-0.1, -0.05) is 12.1 Å². The highest BCUT2D eigenvalue weighted by molar-refractivity contribution is 6.99. The van der Waals surface area contributed by atoms with Gasteiger partial charge in [-0.05, 0) is 24.1 Å². The SMILES string of the molecule is Cc1ccc(C(NN)c2cnsn2)cc1F. The van der Waals surface area contributed by atoms with Crippen LogP contribution in [0.3, 0.4) is 0 Å². The molecule has 0 saturated carbocycles. The largest absolute Gasteiger partial charge is 0.271 e. The minimum absolute atomic E-state index is 0.249. The van der Waals surface area contributed by atoms with E-state index in [1.54, 1.807) is 19.2 Å². The molecule has 16 heavy (non-hydrogen) atoms. The molecule has 0 radical (unpaired) electrons. The highest BCUT2D eigenvalue weighted by Crippen LogP contribution is 2.21. The predicted molar refractivity (Wildman–Crippen MR) is 60.2 cm³/mol. The van der Waals surface area contributed by atoms with Crippen molar-refractivity contribution >= 4 is 11.7 Å². The third-order valence-corrected chi connectivity index (χ3v) is 2.86. The number of hydrogen-bond acceptors (Lipinski definition) is 5. The van der Waals surface area contributed by atoms with Crippen LogP contribution >= 0.6 is 11.7 Å². The fraction of sp³-hybridized carbons (Fsp3) is 0.200. The van der Waals surface area contributed by atoms with Crippen molar-refractivity contribution in [1.29, 1.82) is 0 Å². The number of aryl methyl sites for hydroxylation is 1. The maximum absolute atomic E-state index is 13.4. The van der Waals surface area contributed by atoms with Crippen molar-refractivity contribution in [3.63, 3.8) is 0 Å². The quantitative estimate of drug-likeness (QED) is 0.629. The van der Waals surface area contributed by atoms with Gasteiger partial charge in [0.15, 0.2) is 0 Å². The first-order valence-electron chi connectivity index (χ1n) is 4.72. The first kappa shape index (κ1) is 11.1. The third kappa shape index (κ3) is 2.08. The Bertz CT molecular complexity index is 472. The maximum atomic E-state index is 13.4. The summed E-state index contributed by atoms with van der Waals surface area (Å²) in [7, 11) is 0. The molecule has 4 nitrogen and oxygen atoms in total. The number of nitrogens with one attached hydrogen (secondary N) is 1. The molecule has 84 valence electrons. The smallest absolute Gasteiger partial charge is 0.126 e. The summed E-state index contributed by atoms with van der Waals surface area (Å²) in [5.74, 6) is 5.20. The van der Waals surface area contributed by atoms with E-state index in [4.69, 9.17) is 5.84 Å². The normalized spacial score (nSPS) is 12.7. The molecule has 1 aromatic heterocycles. The summed E-state index contributed by atoms with van der Waals surface area (Å²) in [5, 5.41) is 0. The molecule has 0 fully saturated rings. The molecule has 2 rings (SSSR count). The molecule has 0 saturated heterocycles. The fourth-order valence-electron chi connectivity index (χ4n) is 1.44. The first-order valence-corrected chi connectivity index (χ1v) is 5.45. The summed E-state index contributed by atoms with van der Waals surface area (Å²) in [6, 6.07) is 4.67. The highest BCUT2D eigenvalue weighted by atomic mass is 32.1. The van der Waals surface area contributed by atoms with Crippen LogP contribution in [0.15, 0.2) is 24.4 Å². The van der Waals surface area contributed by atoms with Crippen LogP contribution in [0.1, 0.15) is 22.9 Å². The molecule has 6 heteroatoms. The van der Waals surface area contributed by atoms with Crippen molar-refractivity contribution in [2.45, 2.75) is 13.0 Å². The Morgan fingerprint density at radius 1 is 1.50 bits per heavy atom. The van der Waals surface area contributed by atoms with E-state index in [1.165, 1.54) is 6.07 Å². The Kier molecular flexibility index (Phi) is 3.23. The third-order valence-electron chi connectivity index (χ3n) is 2.37. The predicted octanol–water partition coefficient (Wildman–Crippen LogP) is 1.54. The molecule has 0 amide bonds. The number of aromatic nitrogens is 2. The highest BCUT2D eigenvalue weighted by Gasteiger charge is 2.16. The summed E-state index contributed by atoms with van der Waals surface area (Å²) in [4.78, 5) is 0. The number of hydrazine groups is 1. The molecule has 0 aliphatic carbocycles. The number of benzene rings is 1. The first-order chi connectivity index (χ1) is 7.72. The van der Waals surface area contributed by atoms with Gasteiger partial charge in [-0.3, -0.25) is 5.84 Å². The van der Waals surface area contributed by atoms with Gasteiger partial charge in [-0.2, -0.15) is 8.75 Å². The van der Waals surface area contributed by atoms with Crippen LogP contribution in [0, 0.1) is 12.7 Å². The van der Waals surface area contributed by atoms with Gasteiger partial charge in [-0.25, -0.2) is 9.82 Å². The Labute approximate surface area is 96.6 Å². The second-order valence-corrected chi connectivity index (χ2v) is 4.00. The summed E-state index contributed by atoms with van der Waals surface area (Å²) in [6.07, 6.45) is 1.62. The summed E-state index contributed by atoms with van der Waals surface area (Å²) < 4.78 is 21.4. The average molecular weight is 238 g/mol. The lowest BCUT2D eigenvalue weighted by Crippen LogP contribution is -2.29. The van der Waals surface area contributed by atoms with Crippen molar-refractivity contribution in [1.82, 2.24) is 14.2 Å². The molecule has 0 spiro atoms. The van der Waals surface area contributed by atoms with Crippen molar-refractivity contribution in [3.8, 4) is 0 Å². The second-order valence-electron chi connectivity index (χ2n) is 3.44. The molecule has 1 atom stereocenters. The van der Waals surface area contributed by atoms with Crippen LogP contribution in [0.25, 0.3) is 0 Å². The number of rotatable bonds is 3. The molecule has 2 aromatic rings. The average Bonchev–Trinajstić information content (AvgIpc) is 2.78. The molecular weight excluding hydrogens is 227 g/mol. The fourth-order valence-corrected chi connectivity index (χ4v) is 1.89. The molecule has 1 heterocycles. The van der Waals surface area contributed by atoms with Gasteiger partial charge >= 0.3 is 0 Å². The van der Waals surface area contributed by atoms with E-state index in [2.05, 4.69) is 14.2 Å². The van der Waals surface area contributed by atoms with Gasteiger partial charge in [0.25, 0.3) is 0 Å². The zero-order valence-corrected chi connectivity index (χ0v) is 9.46. The van der Waals surface area contributed by atoms with Gasteiger partial charge in [0.05, 0.1) is 29.7 Å². The lowest BCUT2D eigenvalue weighted by Gasteiger charge is -2.13. The minimum Gasteiger partial charge on any atom is -0.271 e. The van der Waals surface area contributed by atoms with Crippen LogP contribution in [0.2, 0.25) is 0 Å². The lowest BCUT2D eigenvalue weighted by atomic mass is 10.0. The van der Waals surface area contributed by atoms with Crippen LogP contribution in [-0.2, 0) is 0 Å². The lowest BCUT2D eigenvalue weighted by molar-refractivity contribution is 0.595. The standard InChI is InChI=1S/C10H11FN4S/c1-6-2-3-7(4-8(6)11)10(14-12)9-5-13-16-15-9/h2-5,10,14H,12H2,1H3. The van der Waals surface area contributed by atoms with Gasteiger partial charge in [-0.15, -0.1) is 0 Å². The van der Waals surface area contributed by atoms with Gasteiger partial charge in [0.2, 0.25) is 0 Å². The number of nitrogens with zero attached hydrogens (tertiary/aromatic N) is 2. The molecule has 0 aliphatic rings. The minimum atomic E-state index is -0.325. The molecule has 0 aliphatic heterocycles. The van der Waals surface area contributed by atoms with Crippen LogP contribution in [-0.4, -0.2) is 8.75 Å². The van der Waals surface area contributed by atoms with E-state index in [1.807, 2.05) is 6.07 Å². The number of halogens is 1. The topological polar surface area (TPSA) is 63.8 Å². The van der Waals surface area contributed by atoms with E-state index < -0.39 is 0 Å². The van der Waals surface area contributed by atoms with Gasteiger partial charge in [0.1, 0.15) is 5.82 Å². The van der Waals surface area contributed by atoms with Gasteiger partial charge in [0, 0.05) is 0 Å². The second kappa shape index (κ2) is 4.65. The van der Waals surface area contributed by atoms with Gasteiger partial charge < -0.3 is 0 Å². The van der Waals surface area contributed by atoms with E-state index in [0.29, 0.717) is 11.3 Å². The summed E-state index contributed by atoms with van der Waals surface area (Å²) in [6.45, 7) is 1.72. The van der Waals surface area contributed by atoms with E-state index in [9.17, 15) is 4.39 Å². The monoisotopic (exact) mass is 238 g/mol. The van der Waals surface area contributed by atoms with Crippen LogP contribution < -0.4 is 11.3 Å². The number of nitrogens with two attached hydrogens (primary N) is 1. The Morgan fingerprint density at radius 3 is 2.88 bits per heavy atom. The van der Waals surface area contributed by atoms with Crippen molar-refractivity contribution in [2.24, 2.45) is 5.84 Å². The molecule has 3 N–H and O–H groups in total. The van der Waals surface area contributed by atoms with Crippen molar-refractivity contribution in [3.05, 3.63) is 47.0 Å². The molecule has 1 unspecified atom stereocenters. The summed E-state index contributed by atoms with van der Waals surface area (Å²) in [5.41, 5.74) is 4.64. The number of hydrogen-bond donors (Lipinski definition) is 2. The molecule has 0 bridgehead atoms. The van der Waals surface area contributed by atoms with Crippen LogP contribution in [0.4, 0.5) is 4.39 Å². The zero-order chi connectivity index (χ0) is 11.5. The molecular formula is C10H11FN4S. The van der Waals surface area contributed by atoms with Crippen LogP contribution in [0.5, 0.6) is 0 Å². The maximum Gasteiger partial charge on any atom is 0.126 e.